The standard InChI is InChI=1S/C22H30N2O2/c1-19-7-9-20(10-8-19)15-23-11-13-24(14-12-23)16-22(25)18-26-17-21-5-3-2-4-6-21/h2-10,22,25H,11-18H2,1H3. The Balaban J connectivity index is 1.32. The molecule has 1 N–H and O–H groups in total. The van der Waals surface area contributed by atoms with E-state index < -0.39 is 6.10 Å². The molecular weight excluding hydrogens is 324 g/mol. The minimum atomic E-state index is -0.428. The van der Waals surface area contributed by atoms with Crippen LogP contribution in [0, 0.1) is 6.92 Å². The molecule has 0 bridgehead atoms. The summed E-state index contributed by atoms with van der Waals surface area (Å²) in [5, 5.41) is 10.2. The smallest absolute Gasteiger partial charge is 0.0900 e. The second-order valence-corrected chi connectivity index (χ2v) is 7.22. The van der Waals surface area contributed by atoms with Gasteiger partial charge in [-0.2, -0.15) is 0 Å². The fraction of sp³-hybridized carbons (Fsp3) is 0.455. The Labute approximate surface area is 157 Å². The molecule has 4 nitrogen and oxygen atoms in total. The van der Waals surface area contributed by atoms with Gasteiger partial charge < -0.3 is 9.84 Å². The van der Waals surface area contributed by atoms with Crippen LogP contribution in [0.4, 0.5) is 0 Å². The Bertz CT molecular complexity index is 637. The fourth-order valence-electron chi connectivity index (χ4n) is 3.32. The van der Waals surface area contributed by atoms with Crippen molar-refractivity contribution in [2.24, 2.45) is 0 Å². The summed E-state index contributed by atoms with van der Waals surface area (Å²) in [5.41, 5.74) is 3.82. The number of hydrogen-bond donors (Lipinski definition) is 1. The maximum Gasteiger partial charge on any atom is 0.0900 e. The lowest BCUT2D eigenvalue weighted by Gasteiger charge is -2.35. The molecule has 2 aromatic carbocycles. The van der Waals surface area contributed by atoms with Gasteiger partial charge in [-0.05, 0) is 18.1 Å². The summed E-state index contributed by atoms with van der Waals surface area (Å²) in [4.78, 5) is 4.82. The monoisotopic (exact) mass is 354 g/mol. The predicted octanol–water partition coefficient (Wildman–Crippen LogP) is 2.69. The maximum atomic E-state index is 10.2. The SMILES string of the molecule is Cc1ccc(CN2CCN(CC(O)COCc3ccccc3)CC2)cc1. The third-order valence-corrected chi connectivity index (χ3v) is 4.88. The van der Waals surface area contributed by atoms with E-state index in [1.165, 1.54) is 11.1 Å². The van der Waals surface area contributed by atoms with E-state index in [0.29, 0.717) is 19.8 Å². The van der Waals surface area contributed by atoms with Crippen LogP contribution in [-0.4, -0.2) is 60.3 Å². The van der Waals surface area contributed by atoms with Crippen molar-refractivity contribution in [3.63, 3.8) is 0 Å². The van der Waals surface area contributed by atoms with E-state index >= 15 is 0 Å². The van der Waals surface area contributed by atoms with Crippen LogP contribution in [0.25, 0.3) is 0 Å². The Morgan fingerprint density at radius 2 is 1.54 bits per heavy atom. The van der Waals surface area contributed by atoms with Gasteiger partial charge in [0.05, 0.1) is 19.3 Å². The molecule has 0 aliphatic carbocycles. The number of benzene rings is 2. The molecule has 1 aliphatic rings. The van der Waals surface area contributed by atoms with E-state index in [0.717, 1.165) is 38.3 Å². The molecule has 0 saturated carbocycles. The van der Waals surface area contributed by atoms with Gasteiger partial charge in [-0.1, -0.05) is 60.2 Å². The molecule has 1 aliphatic heterocycles. The molecule has 3 rings (SSSR count). The molecule has 0 spiro atoms. The lowest BCUT2D eigenvalue weighted by atomic mass is 10.1. The molecule has 140 valence electrons. The van der Waals surface area contributed by atoms with Gasteiger partial charge in [0.25, 0.3) is 0 Å². The van der Waals surface area contributed by atoms with Gasteiger partial charge in [0.15, 0.2) is 0 Å². The first-order valence-corrected chi connectivity index (χ1v) is 9.49. The molecule has 1 atom stereocenters. The third-order valence-electron chi connectivity index (χ3n) is 4.88. The molecule has 4 heteroatoms. The molecule has 0 aromatic heterocycles. The van der Waals surface area contributed by atoms with Crippen LogP contribution in [0.15, 0.2) is 54.6 Å². The highest BCUT2D eigenvalue weighted by Crippen LogP contribution is 2.10. The van der Waals surface area contributed by atoms with Crippen molar-refractivity contribution < 1.29 is 9.84 Å². The minimum Gasteiger partial charge on any atom is -0.389 e. The van der Waals surface area contributed by atoms with Gasteiger partial charge in [0.1, 0.15) is 0 Å². The fourth-order valence-corrected chi connectivity index (χ4v) is 3.32. The number of nitrogens with zero attached hydrogens (tertiary/aromatic N) is 2. The van der Waals surface area contributed by atoms with Crippen molar-refractivity contribution in [1.29, 1.82) is 0 Å². The summed E-state index contributed by atoms with van der Waals surface area (Å²) in [7, 11) is 0. The summed E-state index contributed by atoms with van der Waals surface area (Å²) in [6, 6.07) is 18.9. The summed E-state index contributed by atoms with van der Waals surface area (Å²) in [6.07, 6.45) is -0.428. The second-order valence-electron chi connectivity index (χ2n) is 7.22. The molecule has 1 fully saturated rings. The van der Waals surface area contributed by atoms with Gasteiger partial charge in [-0.15, -0.1) is 0 Å². The lowest BCUT2D eigenvalue weighted by molar-refractivity contribution is 0.000878. The van der Waals surface area contributed by atoms with E-state index in [4.69, 9.17) is 4.74 Å². The van der Waals surface area contributed by atoms with E-state index in [-0.39, 0.29) is 0 Å². The number of hydrogen-bond acceptors (Lipinski definition) is 4. The number of ether oxygens (including phenoxy) is 1. The van der Waals surface area contributed by atoms with Gasteiger partial charge in [0.2, 0.25) is 0 Å². The summed E-state index contributed by atoms with van der Waals surface area (Å²) in [5.74, 6) is 0. The van der Waals surface area contributed by atoms with Crippen molar-refractivity contribution in [2.45, 2.75) is 26.2 Å². The molecule has 26 heavy (non-hydrogen) atoms. The van der Waals surface area contributed by atoms with Crippen LogP contribution < -0.4 is 0 Å². The maximum absolute atomic E-state index is 10.2. The van der Waals surface area contributed by atoms with Crippen LogP contribution in [0.1, 0.15) is 16.7 Å². The normalized spacial score (nSPS) is 17.3. The zero-order valence-electron chi connectivity index (χ0n) is 15.7. The molecule has 2 aromatic rings. The van der Waals surface area contributed by atoms with Gasteiger partial charge in [-0.25, -0.2) is 0 Å². The van der Waals surface area contributed by atoms with Crippen molar-refractivity contribution in [2.75, 3.05) is 39.3 Å². The van der Waals surface area contributed by atoms with E-state index in [9.17, 15) is 5.11 Å². The van der Waals surface area contributed by atoms with Crippen molar-refractivity contribution in [3.05, 3.63) is 71.3 Å². The van der Waals surface area contributed by atoms with Crippen molar-refractivity contribution in [3.8, 4) is 0 Å². The van der Waals surface area contributed by atoms with Crippen molar-refractivity contribution in [1.82, 2.24) is 9.80 Å². The van der Waals surface area contributed by atoms with Crippen LogP contribution in [-0.2, 0) is 17.9 Å². The average Bonchev–Trinajstić information content (AvgIpc) is 2.66. The van der Waals surface area contributed by atoms with Gasteiger partial charge in [0, 0.05) is 39.3 Å². The van der Waals surface area contributed by atoms with E-state index in [2.05, 4.69) is 41.0 Å². The van der Waals surface area contributed by atoms with Gasteiger partial charge in [-0.3, -0.25) is 9.80 Å². The number of aliphatic hydroxyl groups is 1. The zero-order chi connectivity index (χ0) is 18.2. The Morgan fingerprint density at radius 3 is 2.23 bits per heavy atom. The minimum absolute atomic E-state index is 0.387. The highest BCUT2D eigenvalue weighted by Gasteiger charge is 2.19. The summed E-state index contributed by atoms with van der Waals surface area (Å²) < 4.78 is 5.65. The molecule has 1 saturated heterocycles. The molecular formula is C22H30N2O2. The second kappa shape index (κ2) is 9.83. The number of β-amino-alcohol motifs (C(OH)–C–C–N with tert-alkyl or cyclic N) is 1. The zero-order valence-corrected chi connectivity index (χ0v) is 15.7. The average molecular weight is 354 g/mol. The van der Waals surface area contributed by atoms with Crippen LogP contribution >= 0.6 is 0 Å². The first-order chi connectivity index (χ1) is 12.7. The number of piperazine rings is 1. The first kappa shape index (κ1) is 19.1. The largest absolute Gasteiger partial charge is 0.389 e. The first-order valence-electron chi connectivity index (χ1n) is 9.49. The lowest BCUT2D eigenvalue weighted by Crippen LogP contribution is -2.48. The number of rotatable bonds is 8. The topological polar surface area (TPSA) is 35.9 Å². The van der Waals surface area contributed by atoms with Crippen molar-refractivity contribution >= 4 is 0 Å². The van der Waals surface area contributed by atoms with E-state index in [1.54, 1.807) is 0 Å². The summed E-state index contributed by atoms with van der Waals surface area (Å²) in [6.45, 7) is 8.86. The molecule has 1 unspecified atom stereocenters. The highest BCUT2D eigenvalue weighted by molar-refractivity contribution is 5.21. The molecule has 1 heterocycles. The Kier molecular flexibility index (Phi) is 7.21. The Morgan fingerprint density at radius 1 is 0.885 bits per heavy atom. The van der Waals surface area contributed by atoms with E-state index in [1.807, 2.05) is 30.3 Å². The summed E-state index contributed by atoms with van der Waals surface area (Å²) >= 11 is 0. The number of aryl methyl sites for hydroxylation is 1. The quantitative estimate of drug-likeness (QED) is 0.791. The van der Waals surface area contributed by atoms with Gasteiger partial charge >= 0.3 is 0 Å². The molecule has 0 amide bonds. The Hall–Kier alpha value is -1.72. The highest BCUT2D eigenvalue weighted by atomic mass is 16.5. The van der Waals surface area contributed by atoms with Crippen LogP contribution in [0.3, 0.4) is 0 Å². The molecule has 0 radical (unpaired) electrons. The third kappa shape index (κ3) is 6.22. The van der Waals surface area contributed by atoms with Crippen LogP contribution in [0.2, 0.25) is 0 Å². The number of aliphatic hydroxyl groups excluding tert-OH is 1. The predicted molar refractivity (Wildman–Crippen MR) is 105 cm³/mol. The van der Waals surface area contributed by atoms with Crippen LogP contribution in [0.5, 0.6) is 0 Å².